The first-order valence-electron chi connectivity index (χ1n) is 4.33. The summed E-state index contributed by atoms with van der Waals surface area (Å²) in [5.41, 5.74) is 0. The van der Waals surface area contributed by atoms with Gasteiger partial charge in [-0.25, -0.2) is 0 Å². The molecule has 0 fully saturated rings. The van der Waals surface area contributed by atoms with E-state index in [-0.39, 0.29) is 10.3 Å². The van der Waals surface area contributed by atoms with Gasteiger partial charge in [0, 0.05) is 4.58 Å². The summed E-state index contributed by atoms with van der Waals surface area (Å²) < 4.78 is 27.4. The van der Waals surface area contributed by atoms with Crippen LogP contribution < -0.4 is 4.18 Å². The molecule has 0 aliphatic heterocycles. The molecule has 84 valence electrons. The molecule has 0 spiro atoms. The Balaban J connectivity index is 2.57. The maximum Gasteiger partial charge on any atom is 0.309 e. The summed E-state index contributed by atoms with van der Waals surface area (Å²) in [6.45, 7) is 0. The Bertz CT molecular complexity index is 386. The molecule has 0 aromatic heterocycles. The lowest BCUT2D eigenvalue weighted by atomic mass is 10.3. The van der Waals surface area contributed by atoms with Gasteiger partial charge in [-0.2, -0.15) is 33.7 Å². The second kappa shape index (κ2) is 5.67. The first-order valence-corrected chi connectivity index (χ1v) is 6.94. The number of hydrogen-bond donors (Lipinski definition) is 2. The Morgan fingerprint density at radius 1 is 1.20 bits per heavy atom. The molecule has 0 bridgehead atoms. The van der Waals surface area contributed by atoms with Crippen molar-refractivity contribution in [1.29, 1.82) is 0 Å². The lowest BCUT2D eigenvalue weighted by molar-refractivity contribution is 0.485. The van der Waals surface area contributed by atoms with E-state index in [0.717, 1.165) is 0 Å². The van der Waals surface area contributed by atoms with Crippen LogP contribution in [0.15, 0.2) is 30.3 Å². The molecule has 0 aliphatic carbocycles. The van der Waals surface area contributed by atoms with Gasteiger partial charge in [0.05, 0.1) is 5.75 Å². The summed E-state index contributed by atoms with van der Waals surface area (Å²) >= 11 is 7.96. The van der Waals surface area contributed by atoms with Crippen molar-refractivity contribution in [3.63, 3.8) is 0 Å². The molecule has 0 unspecified atom stereocenters. The van der Waals surface area contributed by atoms with Gasteiger partial charge < -0.3 is 4.18 Å². The summed E-state index contributed by atoms with van der Waals surface area (Å²) in [5.74, 6) is 0.243. The zero-order valence-corrected chi connectivity index (χ0v) is 10.5. The van der Waals surface area contributed by atoms with Gasteiger partial charge in [-0.05, 0) is 18.6 Å². The van der Waals surface area contributed by atoms with Crippen LogP contribution >= 0.6 is 25.3 Å². The van der Waals surface area contributed by atoms with Crippen LogP contribution in [0.5, 0.6) is 5.75 Å². The molecule has 0 N–H and O–H groups in total. The van der Waals surface area contributed by atoms with Crippen LogP contribution in [0.2, 0.25) is 0 Å². The Morgan fingerprint density at radius 2 is 1.80 bits per heavy atom. The summed E-state index contributed by atoms with van der Waals surface area (Å²) in [5, 5.41) is 0. The third kappa shape index (κ3) is 5.34. The smallest absolute Gasteiger partial charge is 0.309 e. The third-order valence-electron chi connectivity index (χ3n) is 1.59. The lowest BCUT2D eigenvalue weighted by Gasteiger charge is -2.07. The zero-order valence-electron chi connectivity index (χ0n) is 7.91. The van der Waals surface area contributed by atoms with E-state index in [1.807, 2.05) is 0 Å². The molecule has 0 amide bonds. The SMILES string of the molecule is O=S(=O)(CCC(S)S)Oc1ccccc1. The second-order valence-corrected chi connectivity index (χ2v) is 6.27. The molecule has 1 aromatic rings. The molecule has 0 heterocycles. The van der Waals surface area contributed by atoms with Gasteiger partial charge in [0.2, 0.25) is 0 Å². The molecule has 0 saturated heterocycles. The largest absolute Gasteiger partial charge is 0.382 e. The average Bonchev–Trinajstić information content (AvgIpc) is 2.16. The number of rotatable bonds is 5. The van der Waals surface area contributed by atoms with Crippen LogP contribution in [0.4, 0.5) is 0 Å². The van der Waals surface area contributed by atoms with Gasteiger partial charge in [-0.15, -0.1) is 0 Å². The molecule has 1 rings (SSSR count). The predicted molar refractivity (Wildman–Crippen MR) is 67.2 cm³/mol. The highest BCUT2D eigenvalue weighted by Crippen LogP contribution is 2.14. The maximum atomic E-state index is 11.4. The summed E-state index contributed by atoms with van der Waals surface area (Å²) in [4.78, 5) is 0. The van der Waals surface area contributed by atoms with Crippen LogP contribution in [0.25, 0.3) is 0 Å². The molecule has 1 aromatic carbocycles. The number of para-hydroxylation sites is 1. The van der Waals surface area contributed by atoms with E-state index in [9.17, 15) is 8.42 Å². The van der Waals surface area contributed by atoms with Crippen molar-refractivity contribution in [2.45, 2.75) is 11.0 Å². The highest BCUT2D eigenvalue weighted by Gasteiger charge is 2.13. The summed E-state index contributed by atoms with van der Waals surface area (Å²) in [6, 6.07) is 8.40. The van der Waals surface area contributed by atoms with E-state index >= 15 is 0 Å². The Kier molecular flexibility index (Phi) is 4.82. The van der Waals surface area contributed by atoms with Crippen LogP contribution in [-0.4, -0.2) is 18.8 Å². The molecule has 3 nitrogen and oxygen atoms in total. The predicted octanol–water partition coefficient (Wildman–Crippen LogP) is 1.97. The van der Waals surface area contributed by atoms with E-state index in [2.05, 4.69) is 25.3 Å². The van der Waals surface area contributed by atoms with Crippen LogP contribution in [0.1, 0.15) is 6.42 Å². The van der Waals surface area contributed by atoms with Gasteiger partial charge in [-0.3, -0.25) is 0 Å². The Morgan fingerprint density at radius 3 is 2.33 bits per heavy atom. The fourth-order valence-corrected chi connectivity index (χ4v) is 2.53. The molecule has 0 aliphatic rings. The van der Waals surface area contributed by atoms with E-state index in [1.54, 1.807) is 30.3 Å². The standard InChI is InChI=1S/C9H12O3S3/c10-15(11,7-6-9(13)14)12-8-4-2-1-3-5-8/h1-5,9,13-14H,6-7H2. The highest BCUT2D eigenvalue weighted by atomic mass is 32.2. The van der Waals surface area contributed by atoms with Gasteiger partial charge in [-0.1, -0.05) is 18.2 Å². The van der Waals surface area contributed by atoms with Crippen LogP contribution in [-0.2, 0) is 10.1 Å². The number of hydrogen-bond acceptors (Lipinski definition) is 5. The fourth-order valence-electron chi connectivity index (χ4n) is 0.914. The van der Waals surface area contributed by atoms with Gasteiger partial charge in [0.1, 0.15) is 5.75 Å². The van der Waals surface area contributed by atoms with Crippen molar-refractivity contribution in [3.8, 4) is 5.75 Å². The molecule has 15 heavy (non-hydrogen) atoms. The fraction of sp³-hybridized carbons (Fsp3) is 0.333. The Labute approximate surface area is 101 Å². The molecule has 0 atom stereocenters. The molecular formula is C9H12O3S3. The summed E-state index contributed by atoms with van der Waals surface area (Å²) in [6.07, 6.45) is 0.349. The van der Waals surface area contributed by atoms with Gasteiger partial charge in [0.25, 0.3) is 0 Å². The second-order valence-electron chi connectivity index (χ2n) is 2.93. The molecule has 0 saturated carbocycles. The van der Waals surface area contributed by atoms with E-state index < -0.39 is 10.1 Å². The van der Waals surface area contributed by atoms with Gasteiger partial charge >= 0.3 is 10.1 Å². The molecule has 6 heteroatoms. The number of benzene rings is 1. The minimum atomic E-state index is -3.53. The van der Waals surface area contributed by atoms with E-state index in [4.69, 9.17) is 4.18 Å². The monoisotopic (exact) mass is 264 g/mol. The van der Waals surface area contributed by atoms with Crippen molar-refractivity contribution in [2.24, 2.45) is 0 Å². The van der Waals surface area contributed by atoms with Crippen molar-refractivity contribution >= 4 is 35.4 Å². The molecular weight excluding hydrogens is 252 g/mol. The summed E-state index contributed by atoms with van der Waals surface area (Å²) in [7, 11) is -3.53. The van der Waals surface area contributed by atoms with E-state index in [0.29, 0.717) is 12.2 Å². The van der Waals surface area contributed by atoms with Crippen LogP contribution in [0.3, 0.4) is 0 Å². The maximum absolute atomic E-state index is 11.4. The molecule has 0 radical (unpaired) electrons. The van der Waals surface area contributed by atoms with Crippen LogP contribution in [0, 0.1) is 0 Å². The minimum absolute atomic E-state index is 0.0838. The highest BCUT2D eigenvalue weighted by molar-refractivity contribution is 7.99. The quantitative estimate of drug-likeness (QED) is 0.485. The number of thiol groups is 2. The van der Waals surface area contributed by atoms with Crippen molar-refractivity contribution < 1.29 is 12.6 Å². The van der Waals surface area contributed by atoms with Crippen molar-refractivity contribution in [3.05, 3.63) is 30.3 Å². The van der Waals surface area contributed by atoms with Crippen molar-refractivity contribution in [1.82, 2.24) is 0 Å². The van der Waals surface area contributed by atoms with Crippen molar-refractivity contribution in [2.75, 3.05) is 5.75 Å². The topological polar surface area (TPSA) is 43.4 Å². The first kappa shape index (κ1) is 12.7. The lowest BCUT2D eigenvalue weighted by Crippen LogP contribution is -2.15. The van der Waals surface area contributed by atoms with E-state index in [1.165, 1.54) is 0 Å². The Hall–Kier alpha value is -0.330. The van der Waals surface area contributed by atoms with Gasteiger partial charge in [0.15, 0.2) is 0 Å². The third-order valence-corrected chi connectivity index (χ3v) is 3.29. The average molecular weight is 264 g/mol. The minimum Gasteiger partial charge on any atom is -0.382 e. The first-order chi connectivity index (χ1) is 6.99. The zero-order chi connectivity index (χ0) is 11.3. The normalized spacial score (nSPS) is 11.7.